The molecule has 0 saturated carbocycles. The molecular weight excluding hydrogens is 364 g/mol. The highest BCUT2D eigenvalue weighted by Gasteiger charge is 2.24. The van der Waals surface area contributed by atoms with Crippen LogP contribution in [0, 0.1) is 0 Å². The summed E-state index contributed by atoms with van der Waals surface area (Å²) >= 11 is 0. The molecule has 2 aromatic carbocycles. The zero-order valence-electron chi connectivity index (χ0n) is 17.8. The molecule has 3 rings (SSSR count). The summed E-state index contributed by atoms with van der Waals surface area (Å²) in [5.41, 5.74) is 2.62. The number of hydrogen-bond donors (Lipinski definition) is 0. The third kappa shape index (κ3) is 4.97. The molecule has 0 bridgehead atoms. The number of benzene rings is 2. The zero-order chi connectivity index (χ0) is 21.0. The summed E-state index contributed by atoms with van der Waals surface area (Å²) in [6.45, 7) is 8.87. The Labute approximate surface area is 173 Å². The van der Waals surface area contributed by atoms with Crippen molar-refractivity contribution in [1.82, 2.24) is 9.80 Å². The maximum atomic E-state index is 12.9. The molecule has 0 spiro atoms. The van der Waals surface area contributed by atoms with E-state index in [1.165, 1.54) is 5.56 Å². The van der Waals surface area contributed by atoms with Crippen molar-refractivity contribution >= 4 is 11.8 Å². The van der Waals surface area contributed by atoms with Crippen LogP contribution in [0.2, 0.25) is 0 Å². The van der Waals surface area contributed by atoms with Crippen molar-refractivity contribution in [1.29, 1.82) is 0 Å². The van der Waals surface area contributed by atoms with Crippen molar-refractivity contribution in [3.05, 3.63) is 65.2 Å². The van der Waals surface area contributed by atoms with Crippen LogP contribution in [-0.4, -0.2) is 54.9 Å². The maximum Gasteiger partial charge on any atom is 0.253 e. The van der Waals surface area contributed by atoms with Crippen LogP contribution in [-0.2, 0) is 5.41 Å². The minimum atomic E-state index is -0.00326. The maximum absolute atomic E-state index is 12.9. The van der Waals surface area contributed by atoms with Gasteiger partial charge in [-0.15, -0.1) is 0 Å². The van der Waals surface area contributed by atoms with Gasteiger partial charge in [-0.05, 0) is 53.8 Å². The molecule has 5 heteroatoms. The number of rotatable bonds is 3. The van der Waals surface area contributed by atoms with Gasteiger partial charge in [-0.25, -0.2) is 0 Å². The van der Waals surface area contributed by atoms with E-state index in [1.807, 2.05) is 34.1 Å². The highest BCUT2D eigenvalue weighted by atomic mass is 16.5. The quantitative estimate of drug-likeness (QED) is 0.791. The molecule has 1 saturated heterocycles. The topological polar surface area (TPSA) is 49.9 Å². The standard InChI is InChI=1S/C24H30N2O3/c1-24(2,3)20-10-6-18(7-11-20)22(27)25-14-5-15-26(17-16-25)23(28)19-8-12-21(29-4)13-9-19/h6-13H,5,14-17H2,1-4H3. The smallest absolute Gasteiger partial charge is 0.253 e. The number of carbonyl (C=O) groups excluding carboxylic acids is 2. The Bertz CT molecular complexity index is 851. The molecule has 1 aliphatic heterocycles. The van der Waals surface area contributed by atoms with Crippen molar-refractivity contribution < 1.29 is 14.3 Å². The summed E-state index contributed by atoms with van der Waals surface area (Å²) in [5, 5.41) is 0. The predicted molar refractivity (Wildman–Crippen MR) is 115 cm³/mol. The van der Waals surface area contributed by atoms with Gasteiger partial charge in [-0.2, -0.15) is 0 Å². The number of amides is 2. The van der Waals surface area contributed by atoms with E-state index in [4.69, 9.17) is 4.74 Å². The minimum Gasteiger partial charge on any atom is -0.497 e. The number of ether oxygens (including phenoxy) is 1. The average Bonchev–Trinajstić information content (AvgIpc) is 2.98. The van der Waals surface area contributed by atoms with Gasteiger partial charge >= 0.3 is 0 Å². The van der Waals surface area contributed by atoms with Gasteiger partial charge in [0.05, 0.1) is 7.11 Å². The molecule has 2 aromatic rings. The van der Waals surface area contributed by atoms with E-state index in [0.29, 0.717) is 37.3 Å². The lowest BCUT2D eigenvalue weighted by molar-refractivity contribution is 0.0718. The molecule has 0 aromatic heterocycles. The van der Waals surface area contributed by atoms with Gasteiger partial charge in [0.1, 0.15) is 5.75 Å². The van der Waals surface area contributed by atoms with Crippen molar-refractivity contribution in [3.8, 4) is 5.75 Å². The van der Waals surface area contributed by atoms with Crippen LogP contribution < -0.4 is 4.74 Å². The van der Waals surface area contributed by atoms with Crippen molar-refractivity contribution in [2.45, 2.75) is 32.6 Å². The summed E-state index contributed by atoms with van der Waals surface area (Å²) in [6.07, 6.45) is 0.772. The van der Waals surface area contributed by atoms with Crippen LogP contribution >= 0.6 is 0 Å². The second-order valence-electron chi connectivity index (χ2n) is 8.49. The first-order valence-corrected chi connectivity index (χ1v) is 10.1. The summed E-state index contributed by atoms with van der Waals surface area (Å²) in [4.78, 5) is 29.4. The fourth-order valence-electron chi connectivity index (χ4n) is 3.54. The monoisotopic (exact) mass is 394 g/mol. The number of carbonyl (C=O) groups is 2. The highest BCUT2D eigenvalue weighted by molar-refractivity contribution is 5.95. The van der Waals surface area contributed by atoms with Gasteiger partial charge in [-0.1, -0.05) is 32.9 Å². The van der Waals surface area contributed by atoms with Crippen molar-refractivity contribution in [2.24, 2.45) is 0 Å². The molecular formula is C24H30N2O3. The van der Waals surface area contributed by atoms with Crippen LogP contribution in [0.4, 0.5) is 0 Å². The van der Waals surface area contributed by atoms with Gasteiger partial charge in [-0.3, -0.25) is 9.59 Å². The van der Waals surface area contributed by atoms with Gasteiger partial charge in [0, 0.05) is 37.3 Å². The van der Waals surface area contributed by atoms with Crippen LogP contribution in [0.3, 0.4) is 0 Å². The number of methoxy groups -OCH3 is 1. The Balaban J connectivity index is 1.64. The number of hydrogen-bond acceptors (Lipinski definition) is 3. The SMILES string of the molecule is COc1ccc(C(=O)N2CCCN(C(=O)c3ccc(C(C)(C)C)cc3)CC2)cc1. The molecule has 0 aliphatic carbocycles. The van der Waals surface area contributed by atoms with Crippen LogP contribution in [0.1, 0.15) is 53.5 Å². The predicted octanol–water partition coefficient (Wildman–Crippen LogP) is 3.98. The fourth-order valence-corrected chi connectivity index (χ4v) is 3.54. The summed E-state index contributed by atoms with van der Waals surface area (Å²) in [6, 6.07) is 15.0. The van der Waals surface area contributed by atoms with Gasteiger partial charge in [0.2, 0.25) is 0 Å². The lowest BCUT2D eigenvalue weighted by Gasteiger charge is -2.23. The second kappa shape index (κ2) is 8.68. The third-order valence-corrected chi connectivity index (χ3v) is 5.41. The Kier molecular flexibility index (Phi) is 6.26. The minimum absolute atomic E-state index is 0.00326. The van der Waals surface area contributed by atoms with Gasteiger partial charge < -0.3 is 14.5 Å². The van der Waals surface area contributed by atoms with Crippen LogP contribution in [0.5, 0.6) is 5.75 Å². The largest absolute Gasteiger partial charge is 0.497 e. The first-order valence-electron chi connectivity index (χ1n) is 10.1. The average molecular weight is 395 g/mol. The Hall–Kier alpha value is -2.82. The molecule has 5 nitrogen and oxygen atoms in total. The Morgan fingerprint density at radius 2 is 1.21 bits per heavy atom. The van der Waals surface area contributed by atoms with Gasteiger partial charge in [0.25, 0.3) is 11.8 Å². The molecule has 1 aliphatic rings. The molecule has 0 unspecified atom stereocenters. The molecule has 154 valence electrons. The third-order valence-electron chi connectivity index (χ3n) is 5.41. The van der Waals surface area contributed by atoms with E-state index in [0.717, 1.165) is 12.2 Å². The molecule has 1 heterocycles. The van der Waals surface area contributed by atoms with Gasteiger partial charge in [0.15, 0.2) is 0 Å². The molecule has 2 amide bonds. The summed E-state index contributed by atoms with van der Waals surface area (Å²) in [5.74, 6) is 0.757. The van der Waals surface area contributed by atoms with E-state index < -0.39 is 0 Å². The van der Waals surface area contributed by atoms with E-state index >= 15 is 0 Å². The Morgan fingerprint density at radius 1 is 0.759 bits per heavy atom. The number of nitrogens with zero attached hydrogens (tertiary/aromatic N) is 2. The lowest BCUT2D eigenvalue weighted by atomic mass is 9.86. The van der Waals surface area contributed by atoms with E-state index in [2.05, 4.69) is 20.8 Å². The molecule has 0 N–H and O–H groups in total. The highest BCUT2D eigenvalue weighted by Crippen LogP contribution is 2.23. The lowest BCUT2D eigenvalue weighted by Crippen LogP contribution is -2.37. The van der Waals surface area contributed by atoms with Crippen LogP contribution in [0.25, 0.3) is 0 Å². The van der Waals surface area contributed by atoms with Crippen molar-refractivity contribution in [2.75, 3.05) is 33.3 Å². The normalized spacial score (nSPS) is 15.0. The van der Waals surface area contributed by atoms with Crippen molar-refractivity contribution in [3.63, 3.8) is 0 Å². The fraction of sp³-hybridized carbons (Fsp3) is 0.417. The first kappa shape index (κ1) is 20.9. The molecule has 29 heavy (non-hydrogen) atoms. The molecule has 1 fully saturated rings. The molecule has 0 atom stereocenters. The Morgan fingerprint density at radius 3 is 1.62 bits per heavy atom. The molecule has 0 radical (unpaired) electrons. The summed E-state index contributed by atoms with van der Waals surface area (Å²) in [7, 11) is 1.61. The summed E-state index contributed by atoms with van der Waals surface area (Å²) < 4.78 is 5.15. The van der Waals surface area contributed by atoms with E-state index in [1.54, 1.807) is 31.4 Å². The van der Waals surface area contributed by atoms with E-state index in [9.17, 15) is 9.59 Å². The van der Waals surface area contributed by atoms with Crippen LogP contribution in [0.15, 0.2) is 48.5 Å². The van der Waals surface area contributed by atoms with E-state index in [-0.39, 0.29) is 17.2 Å². The zero-order valence-corrected chi connectivity index (χ0v) is 17.8. The second-order valence-corrected chi connectivity index (χ2v) is 8.49. The first-order chi connectivity index (χ1) is 13.8.